The Hall–Kier alpha value is -0.590. The normalized spacial score (nSPS) is 31.6. The molecule has 1 aliphatic heterocycles. The Kier molecular flexibility index (Phi) is 4.56. The Morgan fingerprint density at radius 1 is 1.47 bits per heavy atom. The average molecular weight is 207 g/mol. The van der Waals surface area contributed by atoms with Crippen LogP contribution in [0.2, 0.25) is 0 Å². The summed E-state index contributed by atoms with van der Waals surface area (Å²) in [4.78, 5) is 4.75. The van der Waals surface area contributed by atoms with Crippen molar-refractivity contribution in [1.82, 2.24) is 0 Å². The van der Waals surface area contributed by atoms with Crippen molar-refractivity contribution in [3.8, 4) is 0 Å². The largest absolute Gasteiger partial charge is 0.263 e. The van der Waals surface area contributed by atoms with Crippen LogP contribution in [0.3, 0.4) is 0 Å². The molecule has 0 N–H and O–H groups in total. The molecule has 1 heterocycles. The van der Waals surface area contributed by atoms with Crippen LogP contribution < -0.4 is 0 Å². The molecule has 1 aliphatic rings. The highest BCUT2D eigenvalue weighted by molar-refractivity contribution is 5.83. The van der Waals surface area contributed by atoms with Crippen molar-refractivity contribution in [2.75, 3.05) is 0 Å². The second-order valence-electron chi connectivity index (χ2n) is 5.22. The van der Waals surface area contributed by atoms with Gasteiger partial charge in [0.05, 0.1) is 0 Å². The molecule has 0 amide bonds. The first-order chi connectivity index (χ1) is 7.04. The summed E-state index contributed by atoms with van der Waals surface area (Å²) in [5.41, 5.74) is 2.60. The minimum Gasteiger partial charge on any atom is -0.263 e. The fourth-order valence-electron chi connectivity index (χ4n) is 2.30. The highest BCUT2D eigenvalue weighted by Gasteiger charge is 2.18. The van der Waals surface area contributed by atoms with Crippen LogP contribution in [0, 0.1) is 17.8 Å². The molecule has 0 fully saturated rings. The van der Waals surface area contributed by atoms with Crippen LogP contribution in [0.1, 0.15) is 53.9 Å². The first kappa shape index (κ1) is 12.5. The van der Waals surface area contributed by atoms with Crippen LogP contribution in [0.5, 0.6) is 0 Å². The van der Waals surface area contributed by atoms with E-state index in [4.69, 9.17) is 4.99 Å². The van der Waals surface area contributed by atoms with Crippen molar-refractivity contribution in [3.63, 3.8) is 0 Å². The van der Waals surface area contributed by atoms with E-state index in [1.807, 2.05) is 0 Å². The molecular weight excluding hydrogens is 182 g/mol. The van der Waals surface area contributed by atoms with Crippen molar-refractivity contribution in [3.05, 3.63) is 11.8 Å². The Balaban J connectivity index is 2.84. The third-order valence-corrected chi connectivity index (χ3v) is 3.50. The Morgan fingerprint density at radius 3 is 2.67 bits per heavy atom. The second-order valence-corrected chi connectivity index (χ2v) is 5.22. The standard InChI is InChI=1S/C14H25N/c1-6-13-9-12(5)15-14(10(2)3)8-7-11(13)4/h8,10-11,13H,6-7,9H2,1-5H3/b14-8+,15-12?. The molecule has 1 heteroatoms. The van der Waals surface area contributed by atoms with E-state index in [0.717, 1.165) is 11.8 Å². The highest BCUT2D eigenvalue weighted by atomic mass is 14.8. The van der Waals surface area contributed by atoms with Crippen molar-refractivity contribution in [2.45, 2.75) is 53.9 Å². The number of aliphatic imine (C=N–C) groups is 1. The van der Waals surface area contributed by atoms with E-state index in [1.54, 1.807) is 0 Å². The van der Waals surface area contributed by atoms with Gasteiger partial charge < -0.3 is 0 Å². The Labute approximate surface area is 94.7 Å². The van der Waals surface area contributed by atoms with Crippen LogP contribution in [-0.4, -0.2) is 5.71 Å². The molecule has 15 heavy (non-hydrogen) atoms. The molecule has 0 spiro atoms. The van der Waals surface area contributed by atoms with Gasteiger partial charge in [0, 0.05) is 11.4 Å². The summed E-state index contributed by atoms with van der Waals surface area (Å²) < 4.78 is 0. The van der Waals surface area contributed by atoms with Gasteiger partial charge in [0.1, 0.15) is 0 Å². The summed E-state index contributed by atoms with van der Waals surface area (Å²) in [7, 11) is 0. The molecule has 0 aliphatic carbocycles. The minimum absolute atomic E-state index is 0.560. The molecule has 0 bridgehead atoms. The zero-order chi connectivity index (χ0) is 11.4. The van der Waals surface area contributed by atoms with Crippen LogP contribution in [0.4, 0.5) is 0 Å². The predicted molar refractivity (Wildman–Crippen MR) is 68.2 cm³/mol. The minimum atomic E-state index is 0.560. The van der Waals surface area contributed by atoms with E-state index in [9.17, 15) is 0 Å². The van der Waals surface area contributed by atoms with Crippen LogP contribution >= 0.6 is 0 Å². The monoisotopic (exact) mass is 207 g/mol. The number of hydrogen-bond acceptors (Lipinski definition) is 1. The molecule has 0 aromatic heterocycles. The number of rotatable bonds is 2. The Bertz CT molecular complexity index is 261. The van der Waals surface area contributed by atoms with Gasteiger partial charge in [-0.15, -0.1) is 0 Å². The predicted octanol–water partition coefficient (Wildman–Crippen LogP) is 4.44. The van der Waals surface area contributed by atoms with E-state index < -0.39 is 0 Å². The van der Waals surface area contributed by atoms with Gasteiger partial charge in [0.2, 0.25) is 0 Å². The fraction of sp³-hybridized carbons (Fsp3) is 0.786. The zero-order valence-electron chi connectivity index (χ0n) is 10.9. The van der Waals surface area contributed by atoms with E-state index in [-0.39, 0.29) is 0 Å². The van der Waals surface area contributed by atoms with Gasteiger partial charge >= 0.3 is 0 Å². The first-order valence-corrected chi connectivity index (χ1v) is 6.28. The summed E-state index contributed by atoms with van der Waals surface area (Å²) >= 11 is 0. The molecule has 0 aromatic rings. The van der Waals surface area contributed by atoms with Crippen LogP contribution in [0.25, 0.3) is 0 Å². The Morgan fingerprint density at radius 2 is 2.13 bits per heavy atom. The molecule has 2 unspecified atom stereocenters. The van der Waals surface area contributed by atoms with Crippen molar-refractivity contribution >= 4 is 5.71 Å². The number of nitrogens with zero attached hydrogens (tertiary/aromatic N) is 1. The molecule has 86 valence electrons. The lowest BCUT2D eigenvalue weighted by Crippen LogP contribution is -2.16. The van der Waals surface area contributed by atoms with Gasteiger partial charge in [0.15, 0.2) is 0 Å². The summed E-state index contributed by atoms with van der Waals surface area (Å²) in [6, 6.07) is 0. The summed E-state index contributed by atoms with van der Waals surface area (Å²) in [5.74, 6) is 2.18. The van der Waals surface area contributed by atoms with Gasteiger partial charge in [-0.05, 0) is 37.5 Å². The number of allylic oxidation sites excluding steroid dienone is 2. The second kappa shape index (κ2) is 5.48. The van der Waals surface area contributed by atoms with Gasteiger partial charge in [-0.3, -0.25) is 4.99 Å². The van der Waals surface area contributed by atoms with Crippen molar-refractivity contribution in [2.24, 2.45) is 22.7 Å². The lowest BCUT2D eigenvalue weighted by molar-refractivity contribution is 0.357. The van der Waals surface area contributed by atoms with Gasteiger partial charge in [-0.1, -0.05) is 40.2 Å². The topological polar surface area (TPSA) is 12.4 Å². The van der Waals surface area contributed by atoms with Gasteiger partial charge in [0.25, 0.3) is 0 Å². The molecule has 0 radical (unpaired) electrons. The lowest BCUT2D eigenvalue weighted by Gasteiger charge is -2.24. The first-order valence-electron chi connectivity index (χ1n) is 6.28. The molecule has 0 saturated carbocycles. The third-order valence-electron chi connectivity index (χ3n) is 3.50. The van der Waals surface area contributed by atoms with Crippen LogP contribution in [0.15, 0.2) is 16.8 Å². The summed E-state index contributed by atoms with van der Waals surface area (Å²) in [5, 5.41) is 0. The third kappa shape index (κ3) is 3.48. The molecular formula is C14H25N. The molecule has 2 atom stereocenters. The van der Waals surface area contributed by atoms with Crippen molar-refractivity contribution < 1.29 is 0 Å². The smallest absolute Gasteiger partial charge is 0.0388 e. The fourth-order valence-corrected chi connectivity index (χ4v) is 2.30. The van der Waals surface area contributed by atoms with Gasteiger partial charge in [-0.25, -0.2) is 0 Å². The van der Waals surface area contributed by atoms with Gasteiger partial charge in [-0.2, -0.15) is 0 Å². The molecule has 1 nitrogen and oxygen atoms in total. The zero-order valence-corrected chi connectivity index (χ0v) is 10.9. The van der Waals surface area contributed by atoms with Crippen molar-refractivity contribution in [1.29, 1.82) is 0 Å². The average Bonchev–Trinajstić information content (AvgIpc) is 2.17. The summed E-state index contributed by atoms with van der Waals surface area (Å²) in [6.07, 6.45) is 6.00. The van der Waals surface area contributed by atoms with Crippen LogP contribution in [-0.2, 0) is 0 Å². The molecule has 1 rings (SSSR count). The molecule has 0 aromatic carbocycles. The highest BCUT2D eigenvalue weighted by Crippen LogP contribution is 2.28. The number of hydrogen-bond donors (Lipinski definition) is 0. The van der Waals surface area contributed by atoms with E-state index in [2.05, 4.69) is 40.7 Å². The van der Waals surface area contributed by atoms with E-state index in [1.165, 1.54) is 30.7 Å². The molecule has 0 saturated heterocycles. The van der Waals surface area contributed by atoms with E-state index >= 15 is 0 Å². The summed E-state index contributed by atoms with van der Waals surface area (Å²) in [6.45, 7) is 11.3. The van der Waals surface area contributed by atoms with E-state index in [0.29, 0.717) is 5.92 Å². The SMILES string of the molecule is CCC1CC(C)=N/C(C(C)C)=C/CC1C. The maximum absolute atomic E-state index is 4.75. The lowest BCUT2D eigenvalue weighted by atomic mass is 9.84. The quantitative estimate of drug-likeness (QED) is 0.634. The maximum Gasteiger partial charge on any atom is 0.0388 e. The maximum atomic E-state index is 4.75.